The van der Waals surface area contributed by atoms with Crippen LogP contribution in [0, 0.1) is 17.1 Å². The molecule has 11 heavy (non-hydrogen) atoms. The predicted molar refractivity (Wildman–Crippen MR) is 38.4 cm³/mol. The zero-order valence-corrected chi connectivity index (χ0v) is 6.08. The lowest BCUT2D eigenvalue weighted by atomic mass is 10.3. The number of fused-ring (bicyclic) bond motifs is 1. The van der Waals surface area contributed by atoms with Crippen molar-refractivity contribution in [2.75, 3.05) is 0 Å². The summed E-state index contributed by atoms with van der Waals surface area (Å²) in [6.07, 6.45) is 0. The first-order valence-corrected chi connectivity index (χ1v) is 3.71. The van der Waals surface area contributed by atoms with E-state index in [1.165, 1.54) is 0 Å². The minimum Gasteiger partial charge on any atom is -0.230 e. The molecule has 0 saturated carbocycles. The van der Waals surface area contributed by atoms with Crippen LogP contribution < -0.4 is 0 Å². The molecule has 0 spiro atoms. The van der Waals surface area contributed by atoms with Gasteiger partial charge in [-0.1, -0.05) is 0 Å². The maximum atomic E-state index is 12.8. The van der Waals surface area contributed by atoms with Crippen LogP contribution >= 0.6 is 11.3 Å². The third-order valence-corrected chi connectivity index (χ3v) is 2.11. The van der Waals surface area contributed by atoms with E-state index in [0.29, 0.717) is 0 Å². The Hall–Kier alpha value is -1.03. The Labute approximate surface area is 65.3 Å². The Balaban J connectivity index is 2.96. The molecule has 2 aromatic rings. The minimum atomic E-state index is -0.501. The third kappa shape index (κ3) is 0.903. The van der Waals surface area contributed by atoms with Crippen molar-refractivity contribution < 1.29 is 8.78 Å². The van der Waals surface area contributed by atoms with E-state index in [9.17, 15) is 8.78 Å². The van der Waals surface area contributed by atoms with Gasteiger partial charge in [-0.15, -0.1) is 11.3 Å². The van der Waals surface area contributed by atoms with Crippen LogP contribution in [-0.4, -0.2) is 4.98 Å². The number of halogens is 2. The average Bonchev–Trinajstić information content (AvgIpc) is 2.45. The smallest absolute Gasteiger partial charge is 0.153 e. The van der Waals surface area contributed by atoms with Gasteiger partial charge in [0.25, 0.3) is 0 Å². The molecule has 1 heterocycles. The summed E-state index contributed by atoms with van der Waals surface area (Å²) in [5.74, 6) is -0.945. The van der Waals surface area contributed by atoms with Crippen LogP contribution in [0.25, 0.3) is 10.2 Å². The summed E-state index contributed by atoms with van der Waals surface area (Å²) in [5.41, 5.74) is 2.50. The van der Waals surface area contributed by atoms with Crippen LogP contribution in [-0.2, 0) is 0 Å². The zero-order chi connectivity index (χ0) is 7.84. The monoisotopic (exact) mass is 170 g/mol. The van der Waals surface area contributed by atoms with E-state index in [1.54, 1.807) is 0 Å². The van der Waals surface area contributed by atoms with Crippen molar-refractivity contribution in [3.8, 4) is 0 Å². The molecule has 0 bridgehead atoms. The van der Waals surface area contributed by atoms with Crippen molar-refractivity contribution >= 4 is 21.6 Å². The Morgan fingerprint density at radius 2 is 2.00 bits per heavy atom. The van der Waals surface area contributed by atoms with Gasteiger partial charge < -0.3 is 0 Å². The number of hydrogen-bond acceptors (Lipinski definition) is 2. The van der Waals surface area contributed by atoms with Gasteiger partial charge >= 0.3 is 0 Å². The summed E-state index contributed by atoms with van der Waals surface area (Å²) in [6.45, 7) is 0. The second-order valence-electron chi connectivity index (χ2n) is 2.01. The number of hydrogen-bond donors (Lipinski definition) is 0. The molecule has 0 aliphatic rings. The van der Waals surface area contributed by atoms with Crippen molar-refractivity contribution in [3.05, 3.63) is 29.3 Å². The molecule has 2 rings (SSSR count). The van der Waals surface area contributed by atoms with Gasteiger partial charge in [0.1, 0.15) is 11.3 Å². The molecule has 4 heteroatoms. The highest BCUT2D eigenvalue weighted by atomic mass is 32.1. The lowest BCUT2D eigenvalue weighted by Crippen LogP contribution is -1.79. The SMILES string of the molecule is Fc1ccc(F)c2s[c]nc12. The summed E-state index contributed by atoms with van der Waals surface area (Å²) >= 11 is 0.977. The fourth-order valence-corrected chi connectivity index (χ4v) is 1.47. The van der Waals surface area contributed by atoms with E-state index >= 15 is 0 Å². The molecule has 55 valence electrons. The Morgan fingerprint density at radius 1 is 1.27 bits per heavy atom. The van der Waals surface area contributed by atoms with Crippen LogP contribution in [0.2, 0.25) is 0 Å². The third-order valence-electron chi connectivity index (χ3n) is 1.34. The summed E-state index contributed by atoms with van der Waals surface area (Å²) in [4.78, 5) is 3.56. The number of aromatic nitrogens is 1. The molecule has 0 amide bonds. The van der Waals surface area contributed by atoms with Crippen molar-refractivity contribution in [1.29, 1.82) is 0 Å². The van der Waals surface area contributed by atoms with E-state index < -0.39 is 11.6 Å². The standard InChI is InChI=1S/C7H2F2NS/c8-4-1-2-5(9)7-6(4)10-3-11-7/h1-2H. The summed E-state index contributed by atoms with van der Waals surface area (Å²) in [5, 5.41) is 0. The molecular weight excluding hydrogens is 168 g/mol. The van der Waals surface area contributed by atoms with Gasteiger partial charge in [-0.2, -0.15) is 0 Å². The molecule has 0 N–H and O–H groups in total. The molecule has 0 aliphatic carbocycles. The summed E-state index contributed by atoms with van der Waals surface area (Å²) in [6, 6.07) is 2.15. The molecule has 0 aliphatic heterocycles. The normalized spacial score (nSPS) is 10.7. The van der Waals surface area contributed by atoms with Gasteiger partial charge in [-0.05, 0) is 12.1 Å². The number of benzene rings is 1. The van der Waals surface area contributed by atoms with Gasteiger partial charge in [-0.25, -0.2) is 13.8 Å². The van der Waals surface area contributed by atoms with Crippen LogP contribution in [0.5, 0.6) is 0 Å². The van der Waals surface area contributed by atoms with Crippen molar-refractivity contribution in [1.82, 2.24) is 4.98 Å². The lowest BCUT2D eigenvalue weighted by Gasteiger charge is -1.90. The second kappa shape index (κ2) is 2.23. The fourth-order valence-electron chi connectivity index (χ4n) is 0.838. The average molecular weight is 170 g/mol. The van der Waals surface area contributed by atoms with Crippen molar-refractivity contribution in [2.24, 2.45) is 0 Å². The maximum Gasteiger partial charge on any atom is 0.153 e. The van der Waals surface area contributed by atoms with Crippen LogP contribution in [0.4, 0.5) is 8.78 Å². The van der Waals surface area contributed by atoms with Gasteiger partial charge in [-0.3, -0.25) is 0 Å². The maximum absolute atomic E-state index is 12.8. The van der Waals surface area contributed by atoms with E-state index in [2.05, 4.69) is 10.5 Å². The number of thiazole rings is 1. The largest absolute Gasteiger partial charge is 0.230 e. The first-order valence-electron chi connectivity index (χ1n) is 2.89. The topological polar surface area (TPSA) is 12.9 Å². The molecule has 1 aromatic carbocycles. The first kappa shape index (κ1) is 6.67. The highest BCUT2D eigenvalue weighted by Gasteiger charge is 2.07. The first-order chi connectivity index (χ1) is 5.29. The van der Waals surface area contributed by atoms with E-state index in [-0.39, 0.29) is 10.2 Å². The van der Waals surface area contributed by atoms with Crippen LogP contribution in [0.3, 0.4) is 0 Å². The van der Waals surface area contributed by atoms with Crippen molar-refractivity contribution in [3.63, 3.8) is 0 Å². The highest BCUT2D eigenvalue weighted by molar-refractivity contribution is 7.16. The number of nitrogens with zero attached hydrogens (tertiary/aromatic N) is 1. The fraction of sp³-hybridized carbons (Fsp3) is 0. The van der Waals surface area contributed by atoms with Gasteiger partial charge in [0, 0.05) is 0 Å². The summed E-state index contributed by atoms with van der Waals surface area (Å²) in [7, 11) is 0. The molecule has 1 nitrogen and oxygen atoms in total. The Kier molecular flexibility index (Phi) is 1.35. The molecule has 1 radical (unpaired) electrons. The van der Waals surface area contributed by atoms with Crippen molar-refractivity contribution in [2.45, 2.75) is 0 Å². The lowest BCUT2D eigenvalue weighted by molar-refractivity contribution is 0.617. The molecular formula is C7H2F2NS. The van der Waals surface area contributed by atoms with E-state index in [0.717, 1.165) is 23.5 Å². The van der Waals surface area contributed by atoms with Gasteiger partial charge in [0.2, 0.25) is 0 Å². The number of rotatable bonds is 0. The quantitative estimate of drug-likeness (QED) is 0.591. The second-order valence-corrected chi connectivity index (χ2v) is 2.81. The van der Waals surface area contributed by atoms with Gasteiger partial charge in [0.15, 0.2) is 11.3 Å². The molecule has 0 saturated heterocycles. The highest BCUT2D eigenvalue weighted by Crippen LogP contribution is 2.22. The predicted octanol–water partition coefficient (Wildman–Crippen LogP) is 2.37. The molecule has 0 fully saturated rings. The molecule has 0 atom stereocenters. The van der Waals surface area contributed by atoms with Crippen LogP contribution in [0.15, 0.2) is 12.1 Å². The van der Waals surface area contributed by atoms with E-state index in [1.807, 2.05) is 0 Å². The Morgan fingerprint density at radius 3 is 2.73 bits per heavy atom. The molecule has 0 unspecified atom stereocenters. The van der Waals surface area contributed by atoms with E-state index in [4.69, 9.17) is 0 Å². The Bertz CT molecular complexity index is 360. The van der Waals surface area contributed by atoms with Gasteiger partial charge in [0.05, 0.1) is 4.70 Å². The summed E-state index contributed by atoms with van der Waals surface area (Å²) < 4.78 is 25.8. The zero-order valence-electron chi connectivity index (χ0n) is 5.27. The molecule has 1 aromatic heterocycles. The minimum absolute atomic E-state index is 0.0648. The van der Waals surface area contributed by atoms with Crippen LogP contribution in [0.1, 0.15) is 0 Å².